The van der Waals surface area contributed by atoms with Gasteiger partial charge in [-0.2, -0.15) is 0 Å². The summed E-state index contributed by atoms with van der Waals surface area (Å²) in [6.45, 7) is 4.07. The van der Waals surface area contributed by atoms with Crippen molar-refractivity contribution in [3.05, 3.63) is 51.2 Å². The summed E-state index contributed by atoms with van der Waals surface area (Å²) in [6.07, 6.45) is 0.392. The monoisotopic (exact) mass is 260 g/mol. The van der Waals surface area contributed by atoms with Gasteiger partial charge in [0.15, 0.2) is 5.78 Å². The first-order valence-electron chi connectivity index (χ1n) is 5.84. The first kappa shape index (κ1) is 12.8. The van der Waals surface area contributed by atoms with Gasteiger partial charge >= 0.3 is 0 Å². The molecule has 2 rings (SSSR count). The van der Waals surface area contributed by atoms with Gasteiger partial charge in [-0.3, -0.25) is 4.79 Å². The molecule has 0 amide bonds. The van der Waals surface area contributed by atoms with Crippen molar-refractivity contribution < 1.29 is 9.53 Å². The van der Waals surface area contributed by atoms with E-state index in [4.69, 9.17) is 4.74 Å². The normalized spacial score (nSPS) is 10.4. The average molecular weight is 260 g/mol. The number of ketones is 1. The van der Waals surface area contributed by atoms with Crippen LogP contribution in [0.15, 0.2) is 30.3 Å². The van der Waals surface area contributed by atoms with Gasteiger partial charge in [0, 0.05) is 16.9 Å². The molecule has 0 spiro atoms. The number of para-hydroxylation sites is 1. The maximum Gasteiger partial charge on any atom is 0.177 e. The molecule has 18 heavy (non-hydrogen) atoms. The van der Waals surface area contributed by atoms with E-state index in [0.717, 1.165) is 16.2 Å². The summed E-state index contributed by atoms with van der Waals surface area (Å²) in [6, 6.07) is 9.62. The highest BCUT2D eigenvalue weighted by atomic mass is 32.1. The lowest BCUT2D eigenvalue weighted by molar-refractivity contribution is 0.0996. The van der Waals surface area contributed by atoms with E-state index in [2.05, 4.69) is 0 Å². The summed E-state index contributed by atoms with van der Waals surface area (Å²) in [7, 11) is 1.63. The van der Waals surface area contributed by atoms with Gasteiger partial charge in [-0.1, -0.05) is 18.2 Å². The molecule has 0 radical (unpaired) electrons. The van der Waals surface area contributed by atoms with Crippen molar-refractivity contribution in [3.8, 4) is 5.75 Å². The smallest absolute Gasteiger partial charge is 0.177 e. The predicted octanol–water partition coefficient (Wildman–Crippen LogP) is 3.80. The van der Waals surface area contributed by atoms with E-state index in [0.29, 0.717) is 6.42 Å². The number of methoxy groups -OCH3 is 1. The molecule has 0 aliphatic carbocycles. The van der Waals surface area contributed by atoms with E-state index in [1.165, 1.54) is 10.4 Å². The summed E-state index contributed by atoms with van der Waals surface area (Å²) in [5, 5.41) is 0. The predicted molar refractivity (Wildman–Crippen MR) is 74.8 cm³/mol. The minimum atomic E-state index is 0.153. The third kappa shape index (κ3) is 2.62. The largest absolute Gasteiger partial charge is 0.496 e. The van der Waals surface area contributed by atoms with Crippen molar-refractivity contribution in [2.24, 2.45) is 0 Å². The molecule has 2 nitrogen and oxygen atoms in total. The molecule has 0 saturated carbocycles. The van der Waals surface area contributed by atoms with E-state index in [1.54, 1.807) is 18.4 Å². The molecule has 0 fully saturated rings. The molecule has 0 atom stereocenters. The maximum absolute atomic E-state index is 12.2. The number of hydrogen-bond acceptors (Lipinski definition) is 3. The van der Waals surface area contributed by atoms with Gasteiger partial charge in [0.05, 0.1) is 12.0 Å². The number of aryl methyl sites for hydroxylation is 2. The summed E-state index contributed by atoms with van der Waals surface area (Å²) < 4.78 is 5.26. The Labute approximate surface area is 111 Å². The minimum Gasteiger partial charge on any atom is -0.496 e. The van der Waals surface area contributed by atoms with Crippen LogP contribution in [0.3, 0.4) is 0 Å². The Hall–Kier alpha value is -1.61. The first-order valence-corrected chi connectivity index (χ1v) is 6.65. The molecule has 0 bridgehead atoms. The van der Waals surface area contributed by atoms with E-state index < -0.39 is 0 Å². The van der Waals surface area contributed by atoms with E-state index >= 15 is 0 Å². The molecular weight excluding hydrogens is 244 g/mol. The Morgan fingerprint density at radius 3 is 2.61 bits per heavy atom. The van der Waals surface area contributed by atoms with Crippen molar-refractivity contribution in [3.63, 3.8) is 0 Å². The summed E-state index contributed by atoms with van der Waals surface area (Å²) >= 11 is 1.56. The highest BCUT2D eigenvalue weighted by Gasteiger charge is 2.13. The molecule has 1 aromatic heterocycles. The Kier molecular flexibility index (Phi) is 3.82. The second-order valence-electron chi connectivity index (χ2n) is 4.26. The lowest BCUT2D eigenvalue weighted by Crippen LogP contribution is -2.02. The SMILES string of the molecule is COc1ccccc1CC(=O)c1cc(C)c(C)s1. The number of carbonyl (C=O) groups is 1. The number of ether oxygens (including phenoxy) is 1. The molecule has 0 saturated heterocycles. The van der Waals surface area contributed by atoms with Gasteiger partial charge in [-0.25, -0.2) is 0 Å². The quantitative estimate of drug-likeness (QED) is 0.782. The molecule has 3 heteroatoms. The Morgan fingerprint density at radius 2 is 2.00 bits per heavy atom. The number of hydrogen-bond donors (Lipinski definition) is 0. The fourth-order valence-corrected chi connectivity index (χ4v) is 2.79. The van der Waals surface area contributed by atoms with E-state index in [9.17, 15) is 4.79 Å². The maximum atomic E-state index is 12.2. The van der Waals surface area contributed by atoms with Crippen LogP contribution in [-0.4, -0.2) is 12.9 Å². The van der Waals surface area contributed by atoms with Gasteiger partial charge in [-0.05, 0) is 31.5 Å². The van der Waals surface area contributed by atoms with Crippen molar-refractivity contribution in [2.75, 3.05) is 7.11 Å². The van der Waals surface area contributed by atoms with Crippen LogP contribution in [0.5, 0.6) is 5.75 Å². The number of rotatable bonds is 4. The van der Waals surface area contributed by atoms with Crippen molar-refractivity contribution in [1.82, 2.24) is 0 Å². The average Bonchev–Trinajstić information content (AvgIpc) is 2.70. The number of carbonyl (C=O) groups excluding carboxylic acids is 1. The third-order valence-corrected chi connectivity index (χ3v) is 4.18. The summed E-state index contributed by atoms with van der Waals surface area (Å²) in [5.41, 5.74) is 2.12. The van der Waals surface area contributed by atoms with Gasteiger partial charge in [0.1, 0.15) is 5.75 Å². The van der Waals surface area contributed by atoms with Crippen LogP contribution < -0.4 is 4.74 Å². The molecule has 1 aromatic carbocycles. The van der Waals surface area contributed by atoms with Crippen LogP contribution in [0.4, 0.5) is 0 Å². The van der Waals surface area contributed by atoms with Gasteiger partial charge in [0.2, 0.25) is 0 Å². The zero-order chi connectivity index (χ0) is 13.1. The zero-order valence-corrected chi connectivity index (χ0v) is 11.6. The number of thiophene rings is 1. The fraction of sp³-hybridized carbons (Fsp3) is 0.267. The molecule has 1 heterocycles. The second-order valence-corrected chi connectivity index (χ2v) is 5.52. The molecule has 0 aliphatic heterocycles. The molecule has 0 unspecified atom stereocenters. The van der Waals surface area contributed by atoms with Crippen molar-refractivity contribution in [1.29, 1.82) is 0 Å². The zero-order valence-electron chi connectivity index (χ0n) is 10.8. The minimum absolute atomic E-state index is 0.153. The fourth-order valence-electron chi connectivity index (χ4n) is 1.82. The molecule has 2 aromatic rings. The number of benzene rings is 1. The molecular formula is C15H16O2S. The highest BCUT2D eigenvalue weighted by molar-refractivity contribution is 7.14. The van der Waals surface area contributed by atoms with E-state index in [1.807, 2.05) is 44.2 Å². The lowest BCUT2D eigenvalue weighted by atomic mass is 10.1. The Morgan fingerprint density at radius 1 is 1.28 bits per heavy atom. The summed E-state index contributed by atoms with van der Waals surface area (Å²) in [4.78, 5) is 14.2. The third-order valence-electron chi connectivity index (χ3n) is 2.98. The Bertz CT molecular complexity index is 550. The lowest BCUT2D eigenvalue weighted by Gasteiger charge is -2.06. The molecule has 0 aliphatic rings. The summed E-state index contributed by atoms with van der Waals surface area (Å²) in [5.74, 6) is 0.927. The molecule has 0 N–H and O–H groups in total. The van der Waals surface area contributed by atoms with Gasteiger partial charge in [-0.15, -0.1) is 11.3 Å². The van der Waals surface area contributed by atoms with Crippen LogP contribution >= 0.6 is 11.3 Å². The van der Waals surface area contributed by atoms with Crippen LogP contribution in [0.2, 0.25) is 0 Å². The van der Waals surface area contributed by atoms with Gasteiger partial charge in [0.25, 0.3) is 0 Å². The Balaban J connectivity index is 2.21. The van der Waals surface area contributed by atoms with Crippen LogP contribution in [0.1, 0.15) is 25.7 Å². The van der Waals surface area contributed by atoms with E-state index in [-0.39, 0.29) is 5.78 Å². The number of Topliss-reactive ketones (excluding diaryl/α,β-unsaturated/α-hetero) is 1. The van der Waals surface area contributed by atoms with Crippen LogP contribution in [0.25, 0.3) is 0 Å². The second kappa shape index (κ2) is 5.36. The van der Waals surface area contributed by atoms with Crippen molar-refractivity contribution in [2.45, 2.75) is 20.3 Å². The van der Waals surface area contributed by atoms with Gasteiger partial charge < -0.3 is 4.74 Å². The van der Waals surface area contributed by atoms with Crippen molar-refractivity contribution >= 4 is 17.1 Å². The standard InChI is InChI=1S/C15H16O2S/c1-10-8-15(18-11(10)2)13(16)9-12-6-4-5-7-14(12)17-3/h4-8H,9H2,1-3H3. The topological polar surface area (TPSA) is 26.3 Å². The first-order chi connectivity index (χ1) is 8.61. The van der Waals surface area contributed by atoms with Crippen LogP contribution in [-0.2, 0) is 6.42 Å². The highest BCUT2D eigenvalue weighted by Crippen LogP contribution is 2.24. The molecule has 94 valence electrons. The van der Waals surface area contributed by atoms with Crippen LogP contribution in [0, 0.1) is 13.8 Å².